The van der Waals surface area contributed by atoms with Crippen molar-refractivity contribution in [1.29, 1.82) is 0 Å². The van der Waals surface area contributed by atoms with Gasteiger partial charge in [-0.1, -0.05) is 34.1 Å². The Hall–Kier alpha value is -2.02. The number of carbonyl (C=O) groups is 4. The van der Waals surface area contributed by atoms with Crippen LogP contribution in [0.3, 0.4) is 0 Å². The summed E-state index contributed by atoms with van der Waals surface area (Å²) >= 11 is 0. The molecule has 0 aromatic rings. The van der Waals surface area contributed by atoms with Gasteiger partial charge in [0.2, 0.25) is 5.91 Å². The third-order valence-corrected chi connectivity index (χ3v) is 12.4. The van der Waals surface area contributed by atoms with Gasteiger partial charge in [0, 0.05) is 6.42 Å². The molecule has 3 aliphatic heterocycles. The molecule has 0 spiro atoms. The Labute approximate surface area is 213 Å². The zero-order valence-electron chi connectivity index (χ0n) is 22.8. The molecule has 12 heteroatoms. The Morgan fingerprint density at radius 3 is 2.31 bits per heavy atom. The van der Waals surface area contributed by atoms with Crippen LogP contribution in [0.15, 0.2) is 0 Å². The first-order valence-corrected chi connectivity index (χ1v) is 15.4. The zero-order valence-corrected chi connectivity index (χ0v) is 23.8. The molecule has 0 radical (unpaired) electrons. The molecule has 11 nitrogen and oxygen atoms in total. The molecule has 7 atom stereocenters. The molecule has 36 heavy (non-hydrogen) atoms. The molecule has 3 fully saturated rings. The lowest BCUT2D eigenvalue weighted by Gasteiger charge is -2.45. The van der Waals surface area contributed by atoms with Gasteiger partial charge in [0.1, 0.15) is 12.0 Å². The van der Waals surface area contributed by atoms with E-state index in [-0.39, 0.29) is 18.1 Å². The minimum absolute atomic E-state index is 0.0155. The van der Waals surface area contributed by atoms with Crippen LogP contribution in [0.25, 0.3) is 0 Å². The summed E-state index contributed by atoms with van der Waals surface area (Å²) in [5.74, 6) is -4.57. The van der Waals surface area contributed by atoms with E-state index in [1.165, 1.54) is 5.01 Å². The Morgan fingerprint density at radius 2 is 1.78 bits per heavy atom. The lowest BCUT2D eigenvalue weighted by molar-refractivity contribution is -0.230. The standard InChI is InChI=1S/C24H40N2O9Si/c1-10-11-12-33-21(29)18-17(20(28)31-6)24(22(30)32-7)26-16(27)13-15(25(18)26)19(14(2)34-24)35-36(8,9)23(3,4)5/h14-15,17-19H,10-13H2,1-9H3/t14-,15+,17-,18-,19-,24+/m0/s1. The van der Waals surface area contributed by atoms with Gasteiger partial charge in [0.25, 0.3) is 5.72 Å². The summed E-state index contributed by atoms with van der Waals surface area (Å²) in [5, 5.41) is 2.40. The van der Waals surface area contributed by atoms with E-state index in [0.29, 0.717) is 6.42 Å². The highest BCUT2D eigenvalue weighted by Crippen LogP contribution is 2.53. The van der Waals surface area contributed by atoms with Crippen LogP contribution in [0.2, 0.25) is 18.1 Å². The molecule has 0 N–H and O–H groups in total. The fourth-order valence-electron chi connectivity index (χ4n) is 5.04. The fraction of sp³-hybridized carbons (Fsp3) is 0.833. The van der Waals surface area contributed by atoms with Gasteiger partial charge in [-0.05, 0) is 31.5 Å². The van der Waals surface area contributed by atoms with Crippen molar-refractivity contribution in [1.82, 2.24) is 10.0 Å². The van der Waals surface area contributed by atoms with Gasteiger partial charge in [-0.15, -0.1) is 0 Å². The number of nitrogens with zero attached hydrogens (tertiary/aromatic N) is 2. The van der Waals surface area contributed by atoms with Gasteiger partial charge in [-0.25, -0.2) is 9.80 Å². The summed E-state index contributed by atoms with van der Waals surface area (Å²) in [5.41, 5.74) is -2.23. The number of unbranched alkanes of at least 4 members (excludes halogenated alkanes) is 1. The predicted octanol–water partition coefficient (Wildman–Crippen LogP) is 2.00. The number of hydrazine groups is 1. The predicted molar refractivity (Wildman–Crippen MR) is 130 cm³/mol. The van der Waals surface area contributed by atoms with Crippen LogP contribution in [0.4, 0.5) is 0 Å². The first kappa shape index (κ1) is 28.5. The smallest absolute Gasteiger partial charge is 0.362 e. The van der Waals surface area contributed by atoms with Gasteiger partial charge >= 0.3 is 17.9 Å². The summed E-state index contributed by atoms with van der Waals surface area (Å²) in [6, 6.07) is -1.99. The maximum Gasteiger partial charge on any atom is 0.362 e. The Bertz CT molecular complexity index is 905. The van der Waals surface area contributed by atoms with Crippen LogP contribution in [-0.2, 0) is 42.6 Å². The van der Waals surface area contributed by atoms with Crippen LogP contribution in [0, 0.1) is 5.92 Å². The molecule has 4 bridgehead atoms. The van der Waals surface area contributed by atoms with Gasteiger partial charge in [-0.2, -0.15) is 5.01 Å². The molecule has 1 unspecified atom stereocenters. The molecule has 0 aromatic carbocycles. The molecule has 0 saturated carbocycles. The highest BCUT2D eigenvalue weighted by Gasteiger charge is 2.77. The molecule has 204 valence electrons. The van der Waals surface area contributed by atoms with Crippen molar-refractivity contribution in [2.45, 2.75) is 102 Å². The summed E-state index contributed by atoms with van der Waals surface area (Å²) < 4.78 is 28.7. The second kappa shape index (κ2) is 10.0. The second-order valence-electron chi connectivity index (χ2n) is 11.2. The van der Waals surface area contributed by atoms with Gasteiger partial charge < -0.3 is 23.4 Å². The minimum atomic E-state index is -2.39. The Kier molecular flexibility index (Phi) is 7.95. The van der Waals surface area contributed by atoms with E-state index in [1.54, 1.807) is 6.92 Å². The average Bonchev–Trinajstić information content (AvgIpc) is 3.26. The molecule has 0 aliphatic carbocycles. The van der Waals surface area contributed by atoms with E-state index in [9.17, 15) is 19.2 Å². The fourth-order valence-corrected chi connectivity index (χ4v) is 6.42. The Morgan fingerprint density at radius 1 is 1.14 bits per heavy atom. The van der Waals surface area contributed by atoms with Crippen molar-refractivity contribution in [3.05, 3.63) is 0 Å². The van der Waals surface area contributed by atoms with Crippen LogP contribution < -0.4 is 0 Å². The van der Waals surface area contributed by atoms with E-state index in [0.717, 1.165) is 25.6 Å². The van der Waals surface area contributed by atoms with Crippen molar-refractivity contribution >= 4 is 32.1 Å². The number of ether oxygens (including phenoxy) is 4. The quantitative estimate of drug-likeness (QED) is 0.200. The third kappa shape index (κ3) is 4.35. The van der Waals surface area contributed by atoms with Crippen molar-refractivity contribution in [3.63, 3.8) is 0 Å². The zero-order chi connectivity index (χ0) is 27.2. The molecular formula is C24H40N2O9Si. The molecule has 0 aromatic heterocycles. The number of amides is 1. The highest BCUT2D eigenvalue weighted by molar-refractivity contribution is 6.74. The third-order valence-electron chi connectivity index (χ3n) is 7.89. The van der Waals surface area contributed by atoms with E-state index < -0.39 is 68.1 Å². The number of carbonyl (C=O) groups excluding carboxylic acids is 4. The number of methoxy groups -OCH3 is 2. The van der Waals surface area contributed by atoms with Crippen LogP contribution >= 0.6 is 0 Å². The van der Waals surface area contributed by atoms with E-state index in [1.807, 2.05) is 6.92 Å². The highest BCUT2D eigenvalue weighted by atomic mass is 28.4. The van der Waals surface area contributed by atoms with E-state index >= 15 is 0 Å². The van der Waals surface area contributed by atoms with Gasteiger partial charge in [0.05, 0.1) is 39.1 Å². The molecule has 3 saturated heterocycles. The summed E-state index contributed by atoms with van der Waals surface area (Å²) in [7, 11) is -0.0913. The largest absolute Gasteiger partial charge is 0.469 e. The lowest BCUT2D eigenvalue weighted by Crippen LogP contribution is -2.64. The summed E-state index contributed by atoms with van der Waals surface area (Å²) in [6.45, 7) is 14.3. The molecule has 3 heterocycles. The number of esters is 3. The molecule has 1 amide bonds. The first-order valence-electron chi connectivity index (χ1n) is 12.5. The number of hydrogen-bond donors (Lipinski definition) is 0. The van der Waals surface area contributed by atoms with Crippen molar-refractivity contribution in [2.75, 3.05) is 20.8 Å². The maximum absolute atomic E-state index is 13.5. The normalized spacial score (nSPS) is 33.8. The van der Waals surface area contributed by atoms with Crippen LogP contribution in [0.1, 0.15) is 53.9 Å². The molecule has 3 rings (SSSR count). The molecule has 3 aliphatic rings. The van der Waals surface area contributed by atoms with Crippen LogP contribution in [-0.4, -0.2) is 93.0 Å². The average molecular weight is 529 g/mol. The number of rotatable bonds is 8. The topological polar surface area (TPSA) is 121 Å². The summed E-state index contributed by atoms with van der Waals surface area (Å²) in [6.07, 6.45) is 0.0345. The van der Waals surface area contributed by atoms with E-state index in [2.05, 4.69) is 33.9 Å². The monoisotopic (exact) mass is 528 g/mol. The van der Waals surface area contributed by atoms with Gasteiger partial charge in [0.15, 0.2) is 8.32 Å². The van der Waals surface area contributed by atoms with Gasteiger partial charge in [-0.3, -0.25) is 14.4 Å². The first-order chi connectivity index (χ1) is 16.7. The SMILES string of the molecule is CCCCOC(=O)[C@@H]1[C@@H](C(=O)OC)[C@]2(C(=O)OC)O[C@@H](C)[C@H](O[Si](C)(C)C(C)(C)C)[C@H]3CC(=O)N2N31. The maximum atomic E-state index is 13.5. The lowest BCUT2D eigenvalue weighted by atomic mass is 9.86. The Balaban J connectivity index is 2.19. The van der Waals surface area contributed by atoms with Crippen LogP contribution in [0.5, 0.6) is 0 Å². The van der Waals surface area contributed by atoms with Crippen molar-refractivity contribution in [3.8, 4) is 0 Å². The number of hydrogen-bond acceptors (Lipinski definition) is 10. The minimum Gasteiger partial charge on any atom is -0.469 e. The van der Waals surface area contributed by atoms with E-state index in [4.69, 9.17) is 23.4 Å². The molecular weight excluding hydrogens is 488 g/mol. The van der Waals surface area contributed by atoms with Crippen molar-refractivity contribution < 1.29 is 42.6 Å². The second-order valence-corrected chi connectivity index (χ2v) is 15.9. The summed E-state index contributed by atoms with van der Waals surface area (Å²) in [4.78, 5) is 53.5. The van der Waals surface area contributed by atoms with Crippen molar-refractivity contribution in [2.24, 2.45) is 5.92 Å².